The zero-order valence-corrected chi connectivity index (χ0v) is 10.1. The standard InChI is InChI=1S/C14H23N/c1-4-15-14(10-12(2)3)11-13-8-6-5-7-9-13/h4,10,13H,1,5-9,11H2,2-3H3. The lowest BCUT2D eigenvalue weighted by Gasteiger charge is -2.21. The Hall–Kier alpha value is -0.850. The van der Waals surface area contributed by atoms with Gasteiger partial charge in [-0.25, -0.2) is 0 Å². The van der Waals surface area contributed by atoms with Crippen LogP contribution in [0.15, 0.2) is 29.4 Å². The molecule has 1 saturated carbocycles. The van der Waals surface area contributed by atoms with E-state index in [4.69, 9.17) is 0 Å². The van der Waals surface area contributed by atoms with Gasteiger partial charge in [0.05, 0.1) is 0 Å². The van der Waals surface area contributed by atoms with Gasteiger partial charge in [0.25, 0.3) is 0 Å². The maximum Gasteiger partial charge on any atom is 0.0405 e. The predicted octanol–water partition coefficient (Wildman–Crippen LogP) is 4.51. The average molecular weight is 205 g/mol. The Morgan fingerprint density at radius 2 is 1.93 bits per heavy atom. The van der Waals surface area contributed by atoms with Crippen molar-refractivity contribution in [3.63, 3.8) is 0 Å². The molecule has 1 fully saturated rings. The van der Waals surface area contributed by atoms with Crippen molar-refractivity contribution >= 4 is 5.71 Å². The first-order valence-electron chi connectivity index (χ1n) is 6.05. The molecule has 1 aliphatic carbocycles. The van der Waals surface area contributed by atoms with E-state index < -0.39 is 0 Å². The van der Waals surface area contributed by atoms with E-state index in [1.54, 1.807) is 6.20 Å². The van der Waals surface area contributed by atoms with Crippen LogP contribution in [-0.4, -0.2) is 5.71 Å². The van der Waals surface area contributed by atoms with Crippen LogP contribution in [0.4, 0.5) is 0 Å². The molecule has 1 rings (SSSR count). The number of rotatable bonds is 4. The number of nitrogens with zero attached hydrogens (tertiary/aromatic N) is 1. The molecule has 0 heterocycles. The van der Waals surface area contributed by atoms with Gasteiger partial charge in [-0.2, -0.15) is 0 Å². The summed E-state index contributed by atoms with van der Waals surface area (Å²) in [6, 6.07) is 0. The van der Waals surface area contributed by atoms with Crippen molar-refractivity contribution in [2.24, 2.45) is 10.9 Å². The van der Waals surface area contributed by atoms with Crippen molar-refractivity contribution in [2.45, 2.75) is 52.4 Å². The summed E-state index contributed by atoms with van der Waals surface area (Å²) in [7, 11) is 0. The first-order chi connectivity index (χ1) is 7.22. The Labute approximate surface area is 94.0 Å². The van der Waals surface area contributed by atoms with Gasteiger partial charge >= 0.3 is 0 Å². The normalized spacial score (nSPS) is 18.7. The fraction of sp³-hybridized carbons (Fsp3) is 0.643. The van der Waals surface area contributed by atoms with E-state index in [-0.39, 0.29) is 0 Å². The van der Waals surface area contributed by atoms with Crippen molar-refractivity contribution in [1.82, 2.24) is 0 Å². The smallest absolute Gasteiger partial charge is 0.0405 e. The summed E-state index contributed by atoms with van der Waals surface area (Å²) in [5, 5.41) is 0. The van der Waals surface area contributed by atoms with Gasteiger partial charge in [0.15, 0.2) is 0 Å². The molecular weight excluding hydrogens is 182 g/mol. The Morgan fingerprint density at radius 1 is 1.27 bits per heavy atom. The van der Waals surface area contributed by atoms with Crippen LogP contribution in [0.3, 0.4) is 0 Å². The summed E-state index contributed by atoms with van der Waals surface area (Å²) in [6.45, 7) is 7.93. The van der Waals surface area contributed by atoms with E-state index in [2.05, 4.69) is 31.5 Å². The summed E-state index contributed by atoms with van der Waals surface area (Å²) < 4.78 is 0. The second-order valence-corrected chi connectivity index (χ2v) is 4.73. The van der Waals surface area contributed by atoms with E-state index in [1.807, 2.05) is 0 Å². The molecule has 0 bridgehead atoms. The van der Waals surface area contributed by atoms with Gasteiger partial charge in [-0.05, 0) is 32.3 Å². The van der Waals surface area contributed by atoms with E-state index >= 15 is 0 Å². The molecule has 0 spiro atoms. The van der Waals surface area contributed by atoms with Crippen LogP contribution in [0.5, 0.6) is 0 Å². The molecule has 0 aromatic heterocycles. The van der Waals surface area contributed by atoms with Crippen LogP contribution < -0.4 is 0 Å². The Balaban J connectivity index is 2.54. The molecular formula is C14H23N. The highest BCUT2D eigenvalue weighted by Crippen LogP contribution is 2.27. The van der Waals surface area contributed by atoms with Crippen LogP contribution in [0, 0.1) is 5.92 Å². The van der Waals surface area contributed by atoms with Gasteiger partial charge in [0.1, 0.15) is 0 Å². The van der Waals surface area contributed by atoms with E-state index in [1.165, 1.54) is 43.4 Å². The first-order valence-corrected chi connectivity index (χ1v) is 6.05. The van der Waals surface area contributed by atoms with Crippen LogP contribution in [0.1, 0.15) is 52.4 Å². The zero-order valence-electron chi connectivity index (χ0n) is 10.1. The number of allylic oxidation sites excluding steroid dienone is 2. The monoisotopic (exact) mass is 205 g/mol. The van der Waals surface area contributed by atoms with Crippen LogP contribution in [0.2, 0.25) is 0 Å². The first kappa shape index (κ1) is 12.2. The van der Waals surface area contributed by atoms with Gasteiger partial charge in [-0.1, -0.05) is 44.3 Å². The van der Waals surface area contributed by atoms with E-state index in [9.17, 15) is 0 Å². The molecule has 0 amide bonds. The van der Waals surface area contributed by atoms with Crippen LogP contribution in [0.25, 0.3) is 0 Å². The molecule has 0 aromatic carbocycles. The number of hydrogen-bond acceptors (Lipinski definition) is 1. The van der Waals surface area contributed by atoms with Crippen molar-refractivity contribution in [2.75, 3.05) is 0 Å². The SMILES string of the molecule is C=CN=C(C=C(C)C)CC1CCCCC1. The largest absolute Gasteiger partial charge is 0.262 e. The zero-order chi connectivity index (χ0) is 11.1. The molecule has 0 aliphatic heterocycles. The second kappa shape index (κ2) is 6.60. The molecule has 0 saturated heterocycles. The molecule has 84 valence electrons. The van der Waals surface area contributed by atoms with Crippen LogP contribution in [-0.2, 0) is 0 Å². The Kier molecular flexibility index (Phi) is 5.38. The fourth-order valence-corrected chi connectivity index (χ4v) is 2.29. The van der Waals surface area contributed by atoms with E-state index in [0.29, 0.717) is 0 Å². The predicted molar refractivity (Wildman–Crippen MR) is 68.3 cm³/mol. The van der Waals surface area contributed by atoms with Gasteiger partial charge in [0, 0.05) is 11.9 Å². The van der Waals surface area contributed by atoms with Crippen molar-refractivity contribution in [3.8, 4) is 0 Å². The van der Waals surface area contributed by atoms with Crippen molar-refractivity contribution in [3.05, 3.63) is 24.4 Å². The average Bonchev–Trinajstić information content (AvgIpc) is 2.18. The van der Waals surface area contributed by atoms with Crippen molar-refractivity contribution in [1.29, 1.82) is 0 Å². The van der Waals surface area contributed by atoms with Gasteiger partial charge in [-0.3, -0.25) is 4.99 Å². The van der Waals surface area contributed by atoms with Crippen molar-refractivity contribution < 1.29 is 0 Å². The molecule has 0 radical (unpaired) electrons. The molecule has 1 nitrogen and oxygen atoms in total. The molecule has 15 heavy (non-hydrogen) atoms. The highest BCUT2D eigenvalue weighted by molar-refractivity contribution is 5.95. The minimum atomic E-state index is 0.855. The lowest BCUT2D eigenvalue weighted by molar-refractivity contribution is 0.368. The summed E-state index contributed by atoms with van der Waals surface area (Å²) in [4.78, 5) is 4.36. The molecule has 0 unspecified atom stereocenters. The molecule has 1 heteroatoms. The molecule has 1 aliphatic rings. The maximum atomic E-state index is 4.36. The third-order valence-corrected chi connectivity index (χ3v) is 2.93. The van der Waals surface area contributed by atoms with Gasteiger partial charge in [0.2, 0.25) is 0 Å². The lowest BCUT2D eigenvalue weighted by Crippen LogP contribution is -2.10. The minimum absolute atomic E-state index is 0.855. The number of hydrogen-bond donors (Lipinski definition) is 0. The third-order valence-electron chi connectivity index (χ3n) is 2.93. The highest BCUT2D eigenvalue weighted by atomic mass is 14.7. The topological polar surface area (TPSA) is 12.4 Å². The summed E-state index contributed by atoms with van der Waals surface area (Å²) in [6.07, 6.45) is 12.0. The third kappa shape index (κ3) is 4.96. The number of aliphatic imine (C=N–C) groups is 1. The Bertz CT molecular complexity index is 251. The summed E-state index contributed by atoms with van der Waals surface area (Å²) in [5.41, 5.74) is 2.53. The highest BCUT2D eigenvalue weighted by Gasteiger charge is 2.14. The minimum Gasteiger partial charge on any atom is -0.262 e. The second-order valence-electron chi connectivity index (χ2n) is 4.73. The summed E-state index contributed by atoms with van der Waals surface area (Å²) >= 11 is 0. The quantitative estimate of drug-likeness (QED) is 0.599. The maximum absolute atomic E-state index is 4.36. The Morgan fingerprint density at radius 3 is 2.47 bits per heavy atom. The van der Waals surface area contributed by atoms with Gasteiger partial charge < -0.3 is 0 Å². The molecule has 0 aromatic rings. The molecule has 0 N–H and O–H groups in total. The summed E-state index contributed by atoms with van der Waals surface area (Å²) in [5.74, 6) is 0.855. The fourth-order valence-electron chi connectivity index (χ4n) is 2.29. The molecule has 0 atom stereocenters. The van der Waals surface area contributed by atoms with Gasteiger partial charge in [-0.15, -0.1) is 0 Å². The lowest BCUT2D eigenvalue weighted by atomic mass is 9.85. The van der Waals surface area contributed by atoms with Crippen LogP contribution >= 0.6 is 0 Å². The van der Waals surface area contributed by atoms with E-state index in [0.717, 1.165) is 12.3 Å².